The molecule has 0 aliphatic heterocycles. The summed E-state index contributed by atoms with van der Waals surface area (Å²) >= 11 is 0. The van der Waals surface area contributed by atoms with Crippen LogP contribution in [0.4, 0.5) is 11.4 Å². The second-order valence-corrected chi connectivity index (χ2v) is 8.33. The fourth-order valence-corrected chi connectivity index (χ4v) is 3.40. The summed E-state index contributed by atoms with van der Waals surface area (Å²) in [7, 11) is 1.32. The van der Waals surface area contributed by atoms with Crippen LogP contribution in [0.25, 0.3) is 11.0 Å². The molecule has 3 aromatic rings. The number of allylic oxidation sites excluding steroid dienone is 1. The highest BCUT2D eigenvalue weighted by atomic mass is 16.5. The van der Waals surface area contributed by atoms with Gasteiger partial charge in [-0.15, -0.1) is 0 Å². The van der Waals surface area contributed by atoms with Crippen LogP contribution in [0, 0.1) is 11.8 Å². The topological polar surface area (TPSA) is 98.4 Å². The second kappa shape index (κ2) is 10.2. The Morgan fingerprint density at radius 3 is 2.69 bits per heavy atom. The van der Waals surface area contributed by atoms with Crippen molar-refractivity contribution in [3.05, 3.63) is 54.3 Å². The molecular weight excluding hydrogens is 408 g/mol. The molecule has 170 valence electrons. The number of nitrogens with zero attached hydrogens (tertiary/aromatic N) is 2. The van der Waals surface area contributed by atoms with Gasteiger partial charge in [0.25, 0.3) is 5.91 Å². The van der Waals surface area contributed by atoms with Crippen molar-refractivity contribution in [2.24, 2.45) is 11.8 Å². The third-order valence-electron chi connectivity index (χ3n) is 4.79. The lowest BCUT2D eigenvalue weighted by Gasteiger charge is -2.12. The minimum absolute atomic E-state index is 0.243. The predicted molar refractivity (Wildman–Crippen MR) is 125 cm³/mol. The standard InChI is InChI=1S/C24H30N4O4/c1-15(2)7-6-9-25-18-11-19-20(27-23(29)17-8-10-32-14-17)21(24(30)31-5)28(13-16(3)4)22(19)26-12-18/h6-8,10-12,14-16,25H,9,13H2,1-5H3,(H,27,29)/b7-6+. The molecule has 8 nitrogen and oxygen atoms in total. The average Bonchev–Trinajstić information content (AvgIpc) is 3.38. The smallest absolute Gasteiger partial charge is 0.356 e. The number of hydrogen-bond acceptors (Lipinski definition) is 6. The summed E-state index contributed by atoms with van der Waals surface area (Å²) in [5, 5.41) is 6.84. The Morgan fingerprint density at radius 2 is 2.06 bits per heavy atom. The predicted octanol–water partition coefficient (Wildman–Crippen LogP) is 4.95. The van der Waals surface area contributed by atoms with Crippen molar-refractivity contribution in [1.82, 2.24) is 9.55 Å². The van der Waals surface area contributed by atoms with E-state index >= 15 is 0 Å². The van der Waals surface area contributed by atoms with Gasteiger partial charge in [-0.1, -0.05) is 39.8 Å². The van der Waals surface area contributed by atoms with Gasteiger partial charge in [0.05, 0.1) is 36.5 Å². The molecule has 2 N–H and O–H groups in total. The zero-order valence-electron chi connectivity index (χ0n) is 19.1. The molecule has 0 spiro atoms. The first-order valence-electron chi connectivity index (χ1n) is 10.7. The Morgan fingerprint density at radius 1 is 1.28 bits per heavy atom. The van der Waals surface area contributed by atoms with Crippen LogP contribution >= 0.6 is 0 Å². The number of furan rings is 1. The molecule has 0 saturated heterocycles. The zero-order chi connectivity index (χ0) is 23.3. The first-order valence-corrected chi connectivity index (χ1v) is 10.7. The quantitative estimate of drug-likeness (QED) is 0.362. The molecule has 0 bridgehead atoms. The second-order valence-electron chi connectivity index (χ2n) is 8.33. The number of carbonyl (C=O) groups excluding carboxylic acids is 2. The molecule has 8 heteroatoms. The molecule has 0 atom stereocenters. The zero-order valence-corrected chi connectivity index (χ0v) is 19.1. The van der Waals surface area contributed by atoms with Crippen LogP contribution in [0.1, 0.15) is 48.5 Å². The van der Waals surface area contributed by atoms with Crippen LogP contribution in [-0.2, 0) is 11.3 Å². The summed E-state index contributed by atoms with van der Waals surface area (Å²) in [5.74, 6) is -0.215. The number of fused-ring (bicyclic) bond motifs is 1. The molecule has 3 heterocycles. The van der Waals surface area contributed by atoms with Gasteiger partial charge in [-0.2, -0.15) is 0 Å². The largest absolute Gasteiger partial charge is 0.472 e. The van der Waals surface area contributed by atoms with Crippen molar-refractivity contribution < 1.29 is 18.7 Å². The summed E-state index contributed by atoms with van der Waals surface area (Å²) in [6, 6.07) is 3.45. The van der Waals surface area contributed by atoms with E-state index in [0.717, 1.165) is 5.69 Å². The highest BCUT2D eigenvalue weighted by Crippen LogP contribution is 2.33. The van der Waals surface area contributed by atoms with Crippen LogP contribution in [0.2, 0.25) is 0 Å². The third-order valence-corrected chi connectivity index (χ3v) is 4.79. The molecule has 0 aliphatic carbocycles. The first kappa shape index (κ1) is 23.1. The molecule has 0 aromatic carbocycles. The van der Waals surface area contributed by atoms with Crippen molar-refractivity contribution in [3.63, 3.8) is 0 Å². The fourth-order valence-electron chi connectivity index (χ4n) is 3.40. The highest BCUT2D eigenvalue weighted by molar-refractivity contribution is 6.14. The normalized spacial score (nSPS) is 11.6. The molecular formula is C24H30N4O4. The number of anilines is 2. The molecule has 3 rings (SSSR count). The van der Waals surface area contributed by atoms with Gasteiger partial charge < -0.3 is 24.4 Å². The number of carbonyl (C=O) groups is 2. The van der Waals surface area contributed by atoms with Gasteiger partial charge in [0.1, 0.15) is 11.9 Å². The highest BCUT2D eigenvalue weighted by Gasteiger charge is 2.27. The minimum Gasteiger partial charge on any atom is -0.472 e. The van der Waals surface area contributed by atoms with E-state index < -0.39 is 5.97 Å². The van der Waals surface area contributed by atoms with E-state index in [1.807, 2.05) is 19.9 Å². The third kappa shape index (κ3) is 5.19. The number of pyridine rings is 1. The molecule has 0 fully saturated rings. The van der Waals surface area contributed by atoms with Crippen molar-refractivity contribution >= 4 is 34.3 Å². The van der Waals surface area contributed by atoms with Gasteiger partial charge in [-0.25, -0.2) is 9.78 Å². The van der Waals surface area contributed by atoms with E-state index in [1.54, 1.807) is 16.8 Å². The summed E-state index contributed by atoms with van der Waals surface area (Å²) in [5.41, 5.74) is 2.37. The maximum absolute atomic E-state index is 12.8. The van der Waals surface area contributed by atoms with Crippen molar-refractivity contribution in [3.8, 4) is 0 Å². The summed E-state index contributed by atoms with van der Waals surface area (Å²) in [6.45, 7) is 9.51. The number of methoxy groups -OCH3 is 1. The number of ether oxygens (including phenoxy) is 1. The van der Waals surface area contributed by atoms with Crippen LogP contribution in [-0.4, -0.2) is 35.1 Å². The number of esters is 1. The Kier molecular flexibility index (Phi) is 7.35. The van der Waals surface area contributed by atoms with Crippen molar-refractivity contribution in [2.75, 3.05) is 24.3 Å². The van der Waals surface area contributed by atoms with Crippen LogP contribution in [0.3, 0.4) is 0 Å². The minimum atomic E-state index is -0.541. The van der Waals surface area contributed by atoms with E-state index in [1.165, 1.54) is 19.6 Å². The fraction of sp³-hybridized carbons (Fsp3) is 0.375. The van der Waals surface area contributed by atoms with Crippen LogP contribution in [0.15, 0.2) is 47.4 Å². The van der Waals surface area contributed by atoms with Gasteiger partial charge in [0, 0.05) is 18.5 Å². The lowest BCUT2D eigenvalue weighted by Crippen LogP contribution is -2.18. The van der Waals surface area contributed by atoms with Gasteiger partial charge in [-0.05, 0) is 24.0 Å². The van der Waals surface area contributed by atoms with Crippen LogP contribution in [0.5, 0.6) is 0 Å². The number of nitrogens with one attached hydrogen (secondary N) is 2. The Labute approximate surface area is 187 Å². The molecule has 1 amide bonds. The summed E-state index contributed by atoms with van der Waals surface area (Å²) in [4.78, 5) is 30.2. The van der Waals surface area contributed by atoms with Gasteiger partial charge in [0.2, 0.25) is 0 Å². The molecule has 0 radical (unpaired) electrons. The number of aromatic nitrogens is 2. The van der Waals surface area contributed by atoms with Gasteiger partial charge >= 0.3 is 5.97 Å². The van der Waals surface area contributed by atoms with Gasteiger partial charge in [-0.3, -0.25) is 4.79 Å². The van der Waals surface area contributed by atoms with E-state index in [-0.39, 0.29) is 17.5 Å². The van der Waals surface area contributed by atoms with Crippen molar-refractivity contribution in [2.45, 2.75) is 34.2 Å². The van der Waals surface area contributed by atoms with E-state index in [9.17, 15) is 9.59 Å². The monoisotopic (exact) mass is 438 g/mol. The lowest BCUT2D eigenvalue weighted by atomic mass is 10.2. The lowest BCUT2D eigenvalue weighted by molar-refractivity contribution is 0.0589. The molecule has 0 aliphatic rings. The molecule has 0 saturated carbocycles. The van der Waals surface area contributed by atoms with Crippen LogP contribution < -0.4 is 10.6 Å². The SMILES string of the molecule is COC(=O)c1c(NC(=O)c2ccoc2)c2cc(NC/C=C/C(C)C)cnc2n1CC(C)C. The Balaban J connectivity index is 2.10. The summed E-state index contributed by atoms with van der Waals surface area (Å²) in [6.07, 6.45) is 8.68. The summed E-state index contributed by atoms with van der Waals surface area (Å²) < 4.78 is 11.9. The number of hydrogen-bond donors (Lipinski definition) is 2. The van der Waals surface area contributed by atoms with Gasteiger partial charge in [0.15, 0.2) is 5.69 Å². The first-order chi connectivity index (χ1) is 15.3. The van der Waals surface area contributed by atoms with Crippen molar-refractivity contribution in [1.29, 1.82) is 0 Å². The van der Waals surface area contributed by atoms with E-state index in [0.29, 0.717) is 41.3 Å². The maximum atomic E-state index is 12.8. The molecule has 3 aromatic heterocycles. The average molecular weight is 439 g/mol. The Hall–Kier alpha value is -3.55. The van der Waals surface area contributed by atoms with E-state index in [2.05, 4.69) is 41.6 Å². The number of amides is 1. The molecule has 32 heavy (non-hydrogen) atoms. The van der Waals surface area contributed by atoms with E-state index in [4.69, 9.17) is 9.15 Å². The Bertz CT molecular complexity index is 1110. The number of rotatable bonds is 9. The maximum Gasteiger partial charge on any atom is 0.356 e. The molecule has 0 unspecified atom stereocenters.